The molecule has 0 aromatic heterocycles. The number of hydrogen-bond acceptors (Lipinski definition) is 3. The van der Waals surface area contributed by atoms with E-state index in [-0.39, 0.29) is 17.7 Å². The summed E-state index contributed by atoms with van der Waals surface area (Å²) >= 11 is 0. The van der Waals surface area contributed by atoms with E-state index >= 15 is 0 Å². The molecule has 4 nitrogen and oxygen atoms in total. The van der Waals surface area contributed by atoms with Gasteiger partial charge >= 0.3 is 0 Å². The molecule has 1 heterocycles. The maximum atomic E-state index is 11.6. The second-order valence-electron chi connectivity index (χ2n) is 4.14. The van der Waals surface area contributed by atoms with Crippen molar-refractivity contribution in [2.45, 2.75) is 25.3 Å². The van der Waals surface area contributed by atoms with E-state index in [1.165, 1.54) is 0 Å². The number of hydrogen-bond donors (Lipinski definition) is 2. The number of carbonyl (C=O) groups excluding carboxylic acids is 1. The van der Waals surface area contributed by atoms with E-state index in [0.29, 0.717) is 5.56 Å². The van der Waals surface area contributed by atoms with Crippen LogP contribution < -0.4 is 5.32 Å². The topological polar surface area (TPSA) is 61.7 Å². The number of rotatable bonds is 2. The molecule has 1 amide bonds. The van der Waals surface area contributed by atoms with Crippen molar-refractivity contribution in [1.29, 1.82) is 0 Å². The molecule has 1 aromatic rings. The zero-order valence-corrected chi connectivity index (χ0v) is 9.60. The summed E-state index contributed by atoms with van der Waals surface area (Å²) in [6, 6.07) is 6.64. The van der Waals surface area contributed by atoms with Crippen LogP contribution in [-0.4, -0.2) is 29.8 Å². The smallest absolute Gasteiger partial charge is 0.244 e. The van der Waals surface area contributed by atoms with Gasteiger partial charge in [-0.2, -0.15) is 0 Å². The molecule has 0 aliphatic carbocycles. The van der Waals surface area contributed by atoms with Crippen molar-refractivity contribution >= 4 is 12.1 Å². The van der Waals surface area contributed by atoms with Crippen molar-refractivity contribution < 1.29 is 9.90 Å². The Balaban J connectivity index is 2.09. The molecule has 4 heteroatoms. The van der Waals surface area contributed by atoms with Gasteiger partial charge in [0.2, 0.25) is 5.91 Å². The van der Waals surface area contributed by atoms with Crippen LogP contribution in [0.5, 0.6) is 5.75 Å². The fraction of sp³-hybridized carbons (Fsp3) is 0.385. The van der Waals surface area contributed by atoms with Gasteiger partial charge in [0.25, 0.3) is 0 Å². The lowest BCUT2D eigenvalue weighted by atomic mass is 10.1. The Morgan fingerprint density at radius 2 is 2.18 bits per heavy atom. The largest absolute Gasteiger partial charge is 0.507 e. The third-order valence-corrected chi connectivity index (χ3v) is 2.84. The molecule has 0 bridgehead atoms. The predicted octanol–water partition coefficient (Wildman–Crippen LogP) is 1.48. The van der Waals surface area contributed by atoms with Crippen molar-refractivity contribution in [2.24, 2.45) is 4.99 Å². The minimum absolute atomic E-state index is 0.0193. The maximum Gasteiger partial charge on any atom is 0.244 e. The molecular weight excluding hydrogens is 216 g/mol. The molecule has 90 valence electrons. The fourth-order valence-electron chi connectivity index (χ4n) is 1.83. The third kappa shape index (κ3) is 3.06. The average molecular weight is 232 g/mol. The number of aromatic hydroxyl groups is 1. The van der Waals surface area contributed by atoms with Crippen LogP contribution >= 0.6 is 0 Å². The first-order chi connectivity index (χ1) is 8.27. The van der Waals surface area contributed by atoms with Crippen molar-refractivity contribution in [1.82, 2.24) is 5.32 Å². The molecule has 1 aliphatic heterocycles. The highest BCUT2D eigenvalue weighted by Crippen LogP contribution is 2.14. The van der Waals surface area contributed by atoms with Gasteiger partial charge < -0.3 is 10.4 Å². The minimum Gasteiger partial charge on any atom is -0.507 e. The van der Waals surface area contributed by atoms with Crippen LogP contribution in [0.25, 0.3) is 0 Å². The Hall–Kier alpha value is -1.84. The van der Waals surface area contributed by atoms with E-state index in [4.69, 9.17) is 0 Å². The van der Waals surface area contributed by atoms with Crippen LogP contribution in [0.3, 0.4) is 0 Å². The molecule has 1 aromatic carbocycles. The van der Waals surface area contributed by atoms with Crippen LogP contribution in [0.2, 0.25) is 0 Å². The standard InChI is InChI=1S/C13H16N2O2/c16-12-7-2-1-5-10(12)9-15-11-6-3-4-8-14-13(11)17/h1-2,5,7,9,11,16H,3-4,6,8H2,(H,14,17). The van der Waals surface area contributed by atoms with Crippen molar-refractivity contribution in [3.63, 3.8) is 0 Å². The summed E-state index contributed by atoms with van der Waals surface area (Å²) in [6.45, 7) is 0.738. The van der Waals surface area contributed by atoms with Crippen LogP contribution in [0.4, 0.5) is 0 Å². The molecule has 2 rings (SSSR count). The lowest BCUT2D eigenvalue weighted by Crippen LogP contribution is -2.31. The molecule has 1 saturated heterocycles. The molecule has 0 radical (unpaired) electrons. The summed E-state index contributed by atoms with van der Waals surface area (Å²) in [5, 5.41) is 12.4. The summed E-state index contributed by atoms with van der Waals surface area (Å²) in [4.78, 5) is 15.9. The Morgan fingerprint density at radius 1 is 1.35 bits per heavy atom. The van der Waals surface area contributed by atoms with Gasteiger partial charge in [-0.05, 0) is 31.4 Å². The number of amides is 1. The number of benzene rings is 1. The molecule has 0 spiro atoms. The number of carbonyl (C=O) groups is 1. The van der Waals surface area contributed by atoms with Gasteiger partial charge in [-0.3, -0.25) is 9.79 Å². The van der Waals surface area contributed by atoms with Gasteiger partial charge in [0.15, 0.2) is 0 Å². The highest BCUT2D eigenvalue weighted by Gasteiger charge is 2.18. The van der Waals surface area contributed by atoms with Gasteiger partial charge in [0.1, 0.15) is 11.8 Å². The lowest BCUT2D eigenvalue weighted by molar-refractivity contribution is -0.121. The van der Waals surface area contributed by atoms with Crippen LogP contribution in [-0.2, 0) is 4.79 Å². The van der Waals surface area contributed by atoms with Crippen molar-refractivity contribution in [2.75, 3.05) is 6.54 Å². The van der Waals surface area contributed by atoms with Crippen LogP contribution in [0.15, 0.2) is 29.3 Å². The first kappa shape index (κ1) is 11.6. The van der Waals surface area contributed by atoms with Crippen LogP contribution in [0, 0.1) is 0 Å². The number of nitrogens with zero attached hydrogens (tertiary/aromatic N) is 1. The summed E-state index contributed by atoms with van der Waals surface area (Å²) in [6.07, 6.45) is 4.36. The predicted molar refractivity (Wildman–Crippen MR) is 66.3 cm³/mol. The second kappa shape index (κ2) is 5.48. The number of phenols is 1. The normalized spacial score (nSPS) is 21.2. The molecule has 0 saturated carbocycles. The second-order valence-corrected chi connectivity index (χ2v) is 4.14. The average Bonchev–Trinajstić information content (AvgIpc) is 2.53. The van der Waals surface area contributed by atoms with Crippen LogP contribution in [0.1, 0.15) is 24.8 Å². The number of phenolic OH excluding ortho intramolecular Hbond substituents is 1. The summed E-state index contributed by atoms with van der Waals surface area (Å²) in [7, 11) is 0. The first-order valence-corrected chi connectivity index (χ1v) is 5.86. The quantitative estimate of drug-likeness (QED) is 0.759. The van der Waals surface area contributed by atoms with Crippen molar-refractivity contribution in [3.05, 3.63) is 29.8 Å². The van der Waals surface area contributed by atoms with Gasteiger partial charge in [-0.1, -0.05) is 12.1 Å². The molecular formula is C13H16N2O2. The molecule has 1 atom stereocenters. The van der Waals surface area contributed by atoms with Gasteiger partial charge in [-0.15, -0.1) is 0 Å². The van der Waals surface area contributed by atoms with E-state index in [0.717, 1.165) is 25.8 Å². The van der Waals surface area contributed by atoms with E-state index in [1.807, 2.05) is 6.07 Å². The van der Waals surface area contributed by atoms with Gasteiger partial charge in [0, 0.05) is 18.3 Å². The number of para-hydroxylation sites is 1. The third-order valence-electron chi connectivity index (χ3n) is 2.84. The molecule has 1 fully saturated rings. The highest BCUT2D eigenvalue weighted by atomic mass is 16.3. The first-order valence-electron chi connectivity index (χ1n) is 5.86. The lowest BCUT2D eigenvalue weighted by Gasteiger charge is -2.07. The highest BCUT2D eigenvalue weighted by molar-refractivity contribution is 5.88. The Morgan fingerprint density at radius 3 is 3.00 bits per heavy atom. The number of aliphatic imine (C=N–C) groups is 1. The molecule has 17 heavy (non-hydrogen) atoms. The monoisotopic (exact) mass is 232 g/mol. The van der Waals surface area contributed by atoms with Gasteiger partial charge in [0.05, 0.1) is 0 Å². The summed E-state index contributed by atoms with van der Waals surface area (Å²) in [5.74, 6) is 0.166. The zero-order valence-electron chi connectivity index (χ0n) is 9.60. The Bertz CT molecular complexity index is 429. The van der Waals surface area contributed by atoms with E-state index < -0.39 is 0 Å². The Labute approximate surface area is 100 Å². The SMILES string of the molecule is O=C1NCCCCC1N=Cc1ccccc1O. The zero-order chi connectivity index (χ0) is 12.1. The molecule has 1 aliphatic rings. The summed E-state index contributed by atoms with van der Waals surface area (Å²) in [5.41, 5.74) is 0.643. The minimum atomic E-state index is -0.322. The van der Waals surface area contributed by atoms with E-state index in [9.17, 15) is 9.90 Å². The number of nitrogens with one attached hydrogen (secondary N) is 1. The maximum absolute atomic E-state index is 11.6. The summed E-state index contributed by atoms with van der Waals surface area (Å²) < 4.78 is 0. The molecule has 2 N–H and O–H groups in total. The molecule has 1 unspecified atom stereocenters. The fourth-order valence-corrected chi connectivity index (χ4v) is 1.83. The Kier molecular flexibility index (Phi) is 3.75. The van der Waals surface area contributed by atoms with E-state index in [1.54, 1.807) is 24.4 Å². The van der Waals surface area contributed by atoms with Crippen molar-refractivity contribution in [3.8, 4) is 5.75 Å². The van der Waals surface area contributed by atoms with E-state index in [2.05, 4.69) is 10.3 Å². The van der Waals surface area contributed by atoms with Gasteiger partial charge in [-0.25, -0.2) is 0 Å².